The number of carbonyl (C=O) groups is 2. The van der Waals surface area contributed by atoms with Gasteiger partial charge >= 0.3 is 12.1 Å². The van der Waals surface area contributed by atoms with Crippen molar-refractivity contribution in [3.8, 4) is 0 Å². The maximum Gasteiger partial charge on any atom is 0.410 e. The molecule has 1 aromatic carbocycles. The van der Waals surface area contributed by atoms with Gasteiger partial charge in [-0.05, 0) is 74.9 Å². The minimum Gasteiger partial charge on any atom is -0.465 e. The molecule has 1 atom stereocenters. The van der Waals surface area contributed by atoms with E-state index in [2.05, 4.69) is 33.0 Å². The first kappa shape index (κ1) is 22.3. The maximum absolute atomic E-state index is 12.9. The lowest BCUT2D eigenvalue weighted by Gasteiger charge is -2.38. The van der Waals surface area contributed by atoms with Crippen LogP contribution >= 0.6 is 15.9 Å². The summed E-state index contributed by atoms with van der Waals surface area (Å²) in [5, 5.41) is 0. The van der Waals surface area contributed by atoms with Gasteiger partial charge in [-0.3, -0.25) is 4.98 Å². The highest BCUT2D eigenvalue weighted by molar-refractivity contribution is 9.10. The lowest BCUT2D eigenvalue weighted by atomic mass is 9.89. The molecule has 1 aromatic heterocycles. The molecule has 30 heavy (non-hydrogen) atoms. The molecule has 0 spiro atoms. The molecule has 0 radical (unpaired) electrons. The molecular weight excluding hydrogens is 448 g/mol. The van der Waals surface area contributed by atoms with Gasteiger partial charge in [-0.25, -0.2) is 9.59 Å². The van der Waals surface area contributed by atoms with Crippen LogP contribution in [-0.2, 0) is 22.3 Å². The molecule has 6 nitrogen and oxygen atoms in total. The van der Waals surface area contributed by atoms with Crippen molar-refractivity contribution in [1.82, 2.24) is 9.88 Å². The van der Waals surface area contributed by atoms with Crippen molar-refractivity contribution >= 4 is 28.0 Å². The van der Waals surface area contributed by atoms with Gasteiger partial charge in [0.2, 0.25) is 0 Å². The molecule has 1 aliphatic rings. The van der Waals surface area contributed by atoms with E-state index < -0.39 is 5.60 Å². The van der Waals surface area contributed by atoms with E-state index in [4.69, 9.17) is 9.47 Å². The Morgan fingerprint density at radius 2 is 2.03 bits per heavy atom. The molecule has 2 heterocycles. The number of amides is 1. The molecule has 3 rings (SSSR count). The van der Waals surface area contributed by atoms with Crippen LogP contribution < -0.4 is 0 Å². The number of nitrogens with zero attached hydrogens (tertiary/aromatic N) is 2. The van der Waals surface area contributed by atoms with E-state index in [1.807, 2.05) is 26.8 Å². The monoisotopic (exact) mass is 474 g/mol. The van der Waals surface area contributed by atoms with Crippen LogP contribution in [0.15, 0.2) is 41.1 Å². The van der Waals surface area contributed by atoms with Crippen LogP contribution in [0, 0.1) is 0 Å². The first-order valence-corrected chi connectivity index (χ1v) is 10.8. The second-order valence-corrected chi connectivity index (χ2v) is 9.26. The van der Waals surface area contributed by atoms with E-state index >= 15 is 0 Å². The molecule has 7 heteroatoms. The summed E-state index contributed by atoms with van der Waals surface area (Å²) in [5.41, 5.74) is 3.07. The van der Waals surface area contributed by atoms with E-state index in [9.17, 15) is 9.59 Å². The number of fused-ring (bicyclic) bond motifs is 1. The van der Waals surface area contributed by atoms with Gasteiger partial charge < -0.3 is 14.4 Å². The van der Waals surface area contributed by atoms with Crippen LogP contribution in [0.25, 0.3) is 0 Å². The van der Waals surface area contributed by atoms with Crippen LogP contribution in [0.1, 0.15) is 60.3 Å². The van der Waals surface area contributed by atoms with Crippen LogP contribution in [0.2, 0.25) is 0 Å². The average Bonchev–Trinajstić information content (AvgIpc) is 2.70. The number of pyridine rings is 1. The van der Waals surface area contributed by atoms with Crippen molar-refractivity contribution in [3.63, 3.8) is 0 Å². The van der Waals surface area contributed by atoms with E-state index in [0.717, 1.165) is 22.0 Å². The lowest BCUT2D eigenvalue weighted by molar-refractivity contribution is 0.0132. The largest absolute Gasteiger partial charge is 0.465 e. The molecule has 1 amide bonds. The first-order chi connectivity index (χ1) is 14.2. The van der Waals surface area contributed by atoms with Gasteiger partial charge in [-0.15, -0.1) is 0 Å². The topological polar surface area (TPSA) is 68.7 Å². The molecule has 0 bridgehead atoms. The summed E-state index contributed by atoms with van der Waals surface area (Å²) in [6, 6.07) is 7.68. The minimum absolute atomic E-state index is 0.151. The summed E-state index contributed by atoms with van der Waals surface area (Å²) in [7, 11) is 1.37. The molecule has 0 fully saturated rings. The molecule has 160 valence electrons. The fourth-order valence-electron chi connectivity index (χ4n) is 3.76. The summed E-state index contributed by atoms with van der Waals surface area (Å²) in [6.07, 6.45) is 4.94. The van der Waals surface area contributed by atoms with Crippen molar-refractivity contribution in [2.24, 2.45) is 0 Å². The molecule has 0 saturated heterocycles. The third kappa shape index (κ3) is 5.19. The van der Waals surface area contributed by atoms with E-state index in [1.54, 1.807) is 23.4 Å². The summed E-state index contributed by atoms with van der Waals surface area (Å²) in [4.78, 5) is 31.0. The molecule has 1 aliphatic heterocycles. The highest BCUT2D eigenvalue weighted by Crippen LogP contribution is 2.36. The zero-order valence-electron chi connectivity index (χ0n) is 17.8. The molecular formula is C23H27BrN2O4. The smallest absolute Gasteiger partial charge is 0.410 e. The molecule has 0 aliphatic carbocycles. The zero-order chi connectivity index (χ0) is 21.9. The van der Waals surface area contributed by atoms with Gasteiger partial charge in [0.25, 0.3) is 0 Å². The Hall–Kier alpha value is -2.41. The number of benzene rings is 1. The number of carbonyl (C=O) groups excluding carboxylic acids is 2. The fraction of sp³-hybridized carbons (Fsp3) is 0.435. The third-order valence-corrected chi connectivity index (χ3v) is 5.58. The minimum atomic E-state index is -0.566. The number of ether oxygens (including phenoxy) is 2. The van der Waals surface area contributed by atoms with Gasteiger partial charge in [0.05, 0.1) is 18.7 Å². The van der Waals surface area contributed by atoms with Gasteiger partial charge in [0.1, 0.15) is 5.60 Å². The second kappa shape index (κ2) is 9.16. The Bertz CT molecular complexity index is 939. The van der Waals surface area contributed by atoms with E-state index in [0.29, 0.717) is 24.9 Å². The summed E-state index contributed by atoms with van der Waals surface area (Å²) in [5.74, 6) is -0.385. The van der Waals surface area contributed by atoms with Crippen molar-refractivity contribution < 1.29 is 19.1 Å². The highest BCUT2D eigenvalue weighted by atomic mass is 79.9. The van der Waals surface area contributed by atoms with Crippen molar-refractivity contribution in [1.29, 1.82) is 0 Å². The highest BCUT2D eigenvalue weighted by Gasteiger charge is 2.33. The third-order valence-electron chi connectivity index (χ3n) is 5.09. The molecule has 0 N–H and O–H groups in total. The van der Waals surface area contributed by atoms with Crippen molar-refractivity contribution in [3.05, 3.63) is 63.4 Å². The SMILES string of the molecule is COC(=O)c1ccncc1CCC1c2ccc(Br)cc2CCN1C(=O)OC(C)(C)C. The number of halogens is 1. The van der Waals surface area contributed by atoms with Crippen LogP contribution in [0.4, 0.5) is 4.79 Å². The van der Waals surface area contributed by atoms with Crippen LogP contribution in [0.5, 0.6) is 0 Å². The number of methoxy groups -OCH3 is 1. The van der Waals surface area contributed by atoms with Gasteiger partial charge in [-0.2, -0.15) is 0 Å². The molecule has 0 saturated carbocycles. The first-order valence-electron chi connectivity index (χ1n) is 9.99. The summed E-state index contributed by atoms with van der Waals surface area (Å²) >= 11 is 3.54. The summed E-state index contributed by atoms with van der Waals surface area (Å²) in [6.45, 7) is 6.19. The number of hydrogen-bond acceptors (Lipinski definition) is 5. The van der Waals surface area contributed by atoms with E-state index in [-0.39, 0.29) is 18.1 Å². The standard InChI is InChI=1S/C23H27BrN2O4/c1-23(2,3)30-22(28)26-12-10-15-13-17(24)6-7-18(15)20(26)8-5-16-14-25-11-9-19(16)21(27)29-4/h6-7,9,11,13-14,20H,5,8,10,12H2,1-4H3. The van der Waals surface area contributed by atoms with Gasteiger partial charge in [0.15, 0.2) is 0 Å². The summed E-state index contributed by atoms with van der Waals surface area (Å²) < 4.78 is 11.6. The van der Waals surface area contributed by atoms with Crippen LogP contribution in [0.3, 0.4) is 0 Å². The van der Waals surface area contributed by atoms with Gasteiger partial charge in [-0.1, -0.05) is 22.0 Å². The quantitative estimate of drug-likeness (QED) is 0.576. The fourth-order valence-corrected chi connectivity index (χ4v) is 4.17. The maximum atomic E-state index is 12.9. The molecule has 1 unspecified atom stereocenters. The Labute approximate surface area is 185 Å². The Kier molecular flexibility index (Phi) is 6.81. The number of esters is 1. The lowest BCUT2D eigenvalue weighted by Crippen LogP contribution is -2.43. The zero-order valence-corrected chi connectivity index (χ0v) is 19.4. The van der Waals surface area contributed by atoms with Gasteiger partial charge in [0, 0.05) is 23.4 Å². The van der Waals surface area contributed by atoms with E-state index in [1.165, 1.54) is 12.7 Å². The number of aromatic nitrogens is 1. The Morgan fingerprint density at radius 3 is 2.73 bits per heavy atom. The second-order valence-electron chi connectivity index (χ2n) is 8.35. The van der Waals surface area contributed by atoms with Crippen molar-refractivity contribution in [2.75, 3.05) is 13.7 Å². The Morgan fingerprint density at radius 1 is 1.27 bits per heavy atom. The van der Waals surface area contributed by atoms with Crippen molar-refractivity contribution in [2.45, 2.75) is 51.7 Å². The normalized spacial score (nSPS) is 16.0. The van der Waals surface area contributed by atoms with Crippen LogP contribution in [-0.4, -0.2) is 41.2 Å². The predicted molar refractivity (Wildman–Crippen MR) is 117 cm³/mol. The number of aryl methyl sites for hydroxylation is 1. The predicted octanol–water partition coefficient (Wildman–Crippen LogP) is 5.10. The number of rotatable bonds is 4. The number of hydrogen-bond donors (Lipinski definition) is 0. The molecule has 2 aromatic rings. The Balaban J connectivity index is 1.90. The average molecular weight is 475 g/mol.